The molecule has 1 N–H and O–H groups in total. The second-order valence-electron chi connectivity index (χ2n) is 5.68. The Bertz CT molecular complexity index is 668. The number of pyridine rings is 1. The van der Waals surface area contributed by atoms with Gasteiger partial charge >= 0.3 is 0 Å². The summed E-state index contributed by atoms with van der Waals surface area (Å²) in [5.41, 5.74) is 2.14. The number of hydrogen-bond donors (Lipinski definition) is 1. The van der Waals surface area contributed by atoms with Crippen molar-refractivity contribution >= 4 is 29.0 Å². The number of rotatable bonds is 5. The van der Waals surface area contributed by atoms with Crippen LogP contribution in [-0.2, 0) is 16.0 Å². The Morgan fingerprint density at radius 2 is 1.92 bits per heavy atom. The minimum Gasteiger partial charge on any atom is -0.378 e. The van der Waals surface area contributed by atoms with E-state index in [4.69, 9.17) is 16.3 Å². The van der Waals surface area contributed by atoms with E-state index in [9.17, 15) is 4.79 Å². The average Bonchev–Trinajstić information content (AvgIpc) is 2.63. The Morgan fingerprint density at radius 3 is 2.58 bits per heavy atom. The molecule has 1 amide bonds. The summed E-state index contributed by atoms with van der Waals surface area (Å²) in [5.74, 6) is 0.532. The Kier molecular flexibility index (Phi) is 5.67. The molecule has 0 spiro atoms. The molecule has 0 bridgehead atoms. The summed E-state index contributed by atoms with van der Waals surface area (Å²) < 4.78 is 5.34. The number of benzene rings is 1. The molecule has 0 atom stereocenters. The molecule has 1 saturated heterocycles. The minimum absolute atomic E-state index is 0.0448. The summed E-state index contributed by atoms with van der Waals surface area (Å²) in [6.45, 7) is 3.22. The fraction of sp³-hybridized carbons (Fsp3) is 0.333. The van der Waals surface area contributed by atoms with Gasteiger partial charge in [0.2, 0.25) is 5.91 Å². The van der Waals surface area contributed by atoms with Crippen LogP contribution in [0.5, 0.6) is 0 Å². The monoisotopic (exact) mass is 345 g/mol. The van der Waals surface area contributed by atoms with Gasteiger partial charge in [0.15, 0.2) is 0 Å². The van der Waals surface area contributed by atoms with Crippen LogP contribution < -0.4 is 10.2 Å². The summed E-state index contributed by atoms with van der Waals surface area (Å²) in [6.07, 6.45) is 2.88. The normalized spacial score (nSPS) is 14.5. The van der Waals surface area contributed by atoms with Gasteiger partial charge in [-0.1, -0.05) is 23.7 Å². The van der Waals surface area contributed by atoms with Gasteiger partial charge in [-0.05, 0) is 36.2 Å². The van der Waals surface area contributed by atoms with Gasteiger partial charge in [-0.15, -0.1) is 0 Å². The number of anilines is 2. The van der Waals surface area contributed by atoms with Crippen LogP contribution in [0.25, 0.3) is 0 Å². The summed E-state index contributed by atoms with van der Waals surface area (Å²) in [5, 5.41) is 3.54. The number of nitrogens with one attached hydrogen (secondary N) is 1. The van der Waals surface area contributed by atoms with E-state index in [1.54, 1.807) is 6.20 Å². The smallest absolute Gasteiger partial charge is 0.225 e. The number of carbonyl (C=O) groups is 1. The Balaban J connectivity index is 1.49. The largest absolute Gasteiger partial charge is 0.378 e. The van der Waals surface area contributed by atoms with Crippen molar-refractivity contribution in [2.45, 2.75) is 12.8 Å². The van der Waals surface area contributed by atoms with Crippen LogP contribution >= 0.6 is 11.6 Å². The predicted molar refractivity (Wildman–Crippen MR) is 95.7 cm³/mol. The van der Waals surface area contributed by atoms with Crippen molar-refractivity contribution in [1.82, 2.24) is 4.98 Å². The zero-order valence-corrected chi connectivity index (χ0v) is 14.1. The van der Waals surface area contributed by atoms with Crippen molar-refractivity contribution in [3.05, 3.63) is 53.2 Å². The molecular weight excluding hydrogens is 326 g/mol. The summed E-state index contributed by atoms with van der Waals surface area (Å²) >= 11 is 5.85. The summed E-state index contributed by atoms with van der Waals surface area (Å²) in [7, 11) is 0. The van der Waals surface area contributed by atoms with Crippen LogP contribution in [0.15, 0.2) is 42.6 Å². The molecule has 2 heterocycles. The molecule has 6 heteroatoms. The minimum atomic E-state index is -0.0448. The van der Waals surface area contributed by atoms with Crippen LogP contribution in [0.3, 0.4) is 0 Å². The van der Waals surface area contributed by atoms with Crippen LogP contribution in [-0.4, -0.2) is 37.2 Å². The molecular formula is C18H20ClN3O2. The molecule has 5 nitrogen and oxygen atoms in total. The SMILES string of the molecule is O=C(CCc1ccc(Cl)cc1)Nc1ccc(N2CCOCC2)cn1. The van der Waals surface area contributed by atoms with Gasteiger partial charge in [0, 0.05) is 24.5 Å². The molecule has 0 radical (unpaired) electrons. The van der Waals surface area contributed by atoms with Crippen molar-refractivity contribution in [1.29, 1.82) is 0 Å². The Hall–Kier alpha value is -2.11. The number of halogens is 1. The number of aryl methyl sites for hydroxylation is 1. The van der Waals surface area contributed by atoms with Gasteiger partial charge in [-0.3, -0.25) is 4.79 Å². The molecule has 1 fully saturated rings. The first-order valence-electron chi connectivity index (χ1n) is 8.04. The van der Waals surface area contributed by atoms with Crippen LogP contribution in [0.4, 0.5) is 11.5 Å². The van der Waals surface area contributed by atoms with Gasteiger partial charge in [0.05, 0.1) is 25.1 Å². The second kappa shape index (κ2) is 8.13. The van der Waals surface area contributed by atoms with Crippen molar-refractivity contribution < 1.29 is 9.53 Å². The van der Waals surface area contributed by atoms with Gasteiger partial charge in [0.25, 0.3) is 0 Å². The van der Waals surface area contributed by atoms with E-state index in [1.807, 2.05) is 36.4 Å². The van der Waals surface area contributed by atoms with E-state index >= 15 is 0 Å². The lowest BCUT2D eigenvalue weighted by molar-refractivity contribution is -0.116. The molecule has 0 saturated carbocycles. The highest BCUT2D eigenvalue weighted by molar-refractivity contribution is 6.30. The van der Waals surface area contributed by atoms with E-state index < -0.39 is 0 Å². The fourth-order valence-electron chi connectivity index (χ4n) is 2.58. The lowest BCUT2D eigenvalue weighted by atomic mass is 10.1. The molecule has 0 unspecified atom stereocenters. The van der Waals surface area contributed by atoms with Crippen LogP contribution in [0, 0.1) is 0 Å². The third-order valence-corrected chi connectivity index (χ3v) is 4.20. The molecule has 1 aliphatic heterocycles. The van der Waals surface area contributed by atoms with E-state index in [-0.39, 0.29) is 5.91 Å². The first-order chi connectivity index (χ1) is 11.7. The molecule has 3 rings (SSSR count). The summed E-state index contributed by atoms with van der Waals surface area (Å²) in [6, 6.07) is 11.4. The zero-order chi connectivity index (χ0) is 16.8. The Labute approximate surface area is 146 Å². The van der Waals surface area contributed by atoms with Crippen molar-refractivity contribution in [2.75, 3.05) is 36.5 Å². The molecule has 1 aromatic carbocycles. The van der Waals surface area contributed by atoms with Gasteiger partial charge in [-0.25, -0.2) is 4.98 Å². The van der Waals surface area contributed by atoms with Gasteiger partial charge in [-0.2, -0.15) is 0 Å². The maximum absolute atomic E-state index is 12.0. The lowest BCUT2D eigenvalue weighted by Gasteiger charge is -2.28. The average molecular weight is 346 g/mol. The number of morpholine rings is 1. The predicted octanol–water partition coefficient (Wildman–Crippen LogP) is 3.14. The van der Waals surface area contributed by atoms with E-state index in [0.717, 1.165) is 37.6 Å². The highest BCUT2D eigenvalue weighted by Crippen LogP contribution is 2.17. The maximum Gasteiger partial charge on any atom is 0.225 e. The zero-order valence-electron chi connectivity index (χ0n) is 13.4. The fourth-order valence-corrected chi connectivity index (χ4v) is 2.71. The number of amides is 1. The Morgan fingerprint density at radius 1 is 1.17 bits per heavy atom. The van der Waals surface area contributed by atoms with E-state index in [2.05, 4.69) is 15.2 Å². The molecule has 1 aliphatic rings. The first-order valence-corrected chi connectivity index (χ1v) is 8.41. The highest BCUT2D eigenvalue weighted by atomic mass is 35.5. The summed E-state index contributed by atoms with van der Waals surface area (Å²) in [4.78, 5) is 18.6. The first kappa shape index (κ1) is 16.7. The van der Waals surface area contributed by atoms with Crippen LogP contribution in [0.2, 0.25) is 5.02 Å². The van der Waals surface area contributed by atoms with Gasteiger partial charge < -0.3 is 15.0 Å². The number of nitrogens with zero attached hydrogens (tertiary/aromatic N) is 2. The third kappa shape index (κ3) is 4.69. The third-order valence-electron chi connectivity index (χ3n) is 3.95. The second-order valence-corrected chi connectivity index (χ2v) is 6.11. The van der Waals surface area contributed by atoms with Gasteiger partial charge in [0.1, 0.15) is 5.82 Å². The van der Waals surface area contributed by atoms with Crippen molar-refractivity contribution in [2.24, 2.45) is 0 Å². The molecule has 0 aliphatic carbocycles. The van der Waals surface area contributed by atoms with Crippen LogP contribution in [0.1, 0.15) is 12.0 Å². The standard InChI is InChI=1S/C18H20ClN3O2/c19-15-4-1-14(2-5-15)3-8-18(23)21-17-7-6-16(13-20-17)22-9-11-24-12-10-22/h1-2,4-7,13H,3,8-12H2,(H,20,21,23). The number of carbonyl (C=O) groups excluding carboxylic acids is 1. The quantitative estimate of drug-likeness (QED) is 0.904. The number of aromatic nitrogens is 1. The lowest BCUT2D eigenvalue weighted by Crippen LogP contribution is -2.36. The van der Waals surface area contributed by atoms with Crippen molar-refractivity contribution in [3.8, 4) is 0 Å². The molecule has 2 aromatic rings. The molecule has 126 valence electrons. The number of hydrogen-bond acceptors (Lipinski definition) is 4. The maximum atomic E-state index is 12.0. The van der Waals surface area contributed by atoms with Crippen molar-refractivity contribution in [3.63, 3.8) is 0 Å². The van der Waals surface area contributed by atoms with E-state index in [0.29, 0.717) is 23.7 Å². The topological polar surface area (TPSA) is 54.5 Å². The van der Waals surface area contributed by atoms with E-state index in [1.165, 1.54) is 0 Å². The number of ether oxygens (including phenoxy) is 1. The molecule has 24 heavy (non-hydrogen) atoms. The molecule has 1 aromatic heterocycles. The highest BCUT2D eigenvalue weighted by Gasteiger charge is 2.11.